The van der Waals surface area contributed by atoms with Gasteiger partial charge in [0.1, 0.15) is 0 Å². The summed E-state index contributed by atoms with van der Waals surface area (Å²) in [4.78, 5) is 16.3. The minimum Gasteiger partial charge on any atom is -0.478 e. The highest BCUT2D eigenvalue weighted by Crippen LogP contribution is 2.13. The van der Waals surface area contributed by atoms with E-state index in [2.05, 4.69) is 10.3 Å². The van der Waals surface area contributed by atoms with E-state index in [0.717, 1.165) is 12.0 Å². The molecule has 110 valence electrons. The predicted octanol–water partition coefficient (Wildman–Crippen LogP) is 2.23. The summed E-state index contributed by atoms with van der Waals surface area (Å²) in [6, 6.07) is 10.9. The molecule has 1 heterocycles. The van der Waals surface area contributed by atoms with E-state index in [0.29, 0.717) is 30.3 Å². The fraction of sp³-hybridized carbons (Fsp3) is 0.250. The van der Waals surface area contributed by atoms with Crippen molar-refractivity contribution in [3.63, 3.8) is 0 Å². The maximum Gasteiger partial charge on any atom is 0.255 e. The number of rotatable bonds is 6. The van der Waals surface area contributed by atoms with Crippen LogP contribution in [-0.2, 0) is 6.42 Å². The highest BCUT2D eigenvalue weighted by molar-refractivity contribution is 6.04. The average Bonchev–Trinajstić information content (AvgIpc) is 2.50. The van der Waals surface area contributed by atoms with Gasteiger partial charge in [0, 0.05) is 11.6 Å². The number of hydrogen-bond donors (Lipinski definition) is 2. The van der Waals surface area contributed by atoms with Crippen molar-refractivity contribution in [2.24, 2.45) is 5.73 Å². The minimum atomic E-state index is -0.167. The third kappa shape index (κ3) is 4.29. The standard InChI is InChI=1S/C16H19N3O2/c1-2-21-15-7-6-14(11-18-15)19-16(20)13-5-3-4-12(10-13)8-9-17/h3-7,10-11H,2,8-9,17H2,1H3,(H,19,20). The summed E-state index contributed by atoms with van der Waals surface area (Å²) in [5, 5.41) is 2.81. The lowest BCUT2D eigenvalue weighted by molar-refractivity contribution is 0.102. The highest BCUT2D eigenvalue weighted by Gasteiger charge is 2.07. The van der Waals surface area contributed by atoms with Crippen LogP contribution in [0.1, 0.15) is 22.8 Å². The Balaban J connectivity index is 2.05. The van der Waals surface area contributed by atoms with Crippen LogP contribution in [0.5, 0.6) is 5.88 Å². The van der Waals surface area contributed by atoms with Crippen molar-refractivity contribution in [2.45, 2.75) is 13.3 Å². The second-order valence-electron chi connectivity index (χ2n) is 4.51. The molecule has 5 heteroatoms. The molecule has 1 aromatic heterocycles. The number of carbonyl (C=O) groups excluding carboxylic acids is 1. The first kappa shape index (κ1) is 15.0. The summed E-state index contributed by atoms with van der Waals surface area (Å²) in [7, 11) is 0. The van der Waals surface area contributed by atoms with Crippen molar-refractivity contribution in [1.29, 1.82) is 0 Å². The number of anilines is 1. The van der Waals surface area contributed by atoms with Crippen LogP contribution in [0, 0.1) is 0 Å². The summed E-state index contributed by atoms with van der Waals surface area (Å²) >= 11 is 0. The molecule has 2 rings (SSSR count). The van der Waals surface area contributed by atoms with Gasteiger partial charge in [-0.15, -0.1) is 0 Å². The number of nitrogens with zero attached hydrogens (tertiary/aromatic N) is 1. The second-order valence-corrected chi connectivity index (χ2v) is 4.51. The van der Waals surface area contributed by atoms with Crippen molar-refractivity contribution >= 4 is 11.6 Å². The number of nitrogens with one attached hydrogen (secondary N) is 1. The largest absolute Gasteiger partial charge is 0.478 e. The maximum absolute atomic E-state index is 12.2. The first-order valence-corrected chi connectivity index (χ1v) is 6.92. The normalized spacial score (nSPS) is 10.2. The van der Waals surface area contributed by atoms with E-state index in [4.69, 9.17) is 10.5 Å². The van der Waals surface area contributed by atoms with Crippen molar-refractivity contribution < 1.29 is 9.53 Å². The molecule has 0 saturated carbocycles. The first-order valence-electron chi connectivity index (χ1n) is 6.92. The number of benzene rings is 1. The number of amides is 1. The molecule has 0 radical (unpaired) electrons. The third-order valence-electron chi connectivity index (χ3n) is 2.91. The SMILES string of the molecule is CCOc1ccc(NC(=O)c2cccc(CCN)c2)cn1. The van der Waals surface area contributed by atoms with E-state index in [1.807, 2.05) is 25.1 Å². The molecule has 0 aliphatic heterocycles. The van der Waals surface area contributed by atoms with Crippen LogP contribution in [0.4, 0.5) is 5.69 Å². The van der Waals surface area contributed by atoms with Gasteiger partial charge in [-0.3, -0.25) is 4.79 Å². The Hall–Kier alpha value is -2.40. The average molecular weight is 285 g/mol. The molecule has 0 bridgehead atoms. The lowest BCUT2D eigenvalue weighted by Gasteiger charge is -2.07. The second kappa shape index (κ2) is 7.40. The summed E-state index contributed by atoms with van der Waals surface area (Å²) < 4.78 is 5.26. The first-order chi connectivity index (χ1) is 10.2. The lowest BCUT2D eigenvalue weighted by Crippen LogP contribution is -2.13. The Kier molecular flexibility index (Phi) is 5.29. The quantitative estimate of drug-likeness (QED) is 0.853. The lowest BCUT2D eigenvalue weighted by atomic mass is 10.1. The zero-order valence-corrected chi connectivity index (χ0v) is 12.0. The Labute approximate surface area is 124 Å². The zero-order chi connectivity index (χ0) is 15.1. The molecule has 0 spiro atoms. The number of pyridine rings is 1. The molecule has 1 aromatic carbocycles. The van der Waals surface area contributed by atoms with Crippen LogP contribution in [0.2, 0.25) is 0 Å². The Morgan fingerprint density at radius 2 is 2.19 bits per heavy atom. The topological polar surface area (TPSA) is 77.2 Å². The molecule has 0 fully saturated rings. The van der Waals surface area contributed by atoms with E-state index in [1.165, 1.54) is 0 Å². The fourth-order valence-corrected chi connectivity index (χ4v) is 1.93. The number of hydrogen-bond acceptors (Lipinski definition) is 4. The number of carbonyl (C=O) groups is 1. The molecule has 3 N–H and O–H groups in total. The summed E-state index contributed by atoms with van der Waals surface area (Å²) in [6.07, 6.45) is 2.33. The number of aromatic nitrogens is 1. The van der Waals surface area contributed by atoms with Gasteiger partial charge in [-0.1, -0.05) is 12.1 Å². The van der Waals surface area contributed by atoms with Gasteiger partial charge in [0.15, 0.2) is 0 Å². The Morgan fingerprint density at radius 3 is 2.86 bits per heavy atom. The van der Waals surface area contributed by atoms with Crippen molar-refractivity contribution in [1.82, 2.24) is 4.98 Å². The summed E-state index contributed by atoms with van der Waals surface area (Å²) in [6.45, 7) is 3.02. The van der Waals surface area contributed by atoms with E-state index in [9.17, 15) is 4.79 Å². The van der Waals surface area contributed by atoms with Crippen LogP contribution < -0.4 is 15.8 Å². The van der Waals surface area contributed by atoms with E-state index in [-0.39, 0.29) is 5.91 Å². The molecule has 21 heavy (non-hydrogen) atoms. The Bertz CT molecular complexity index is 597. The number of ether oxygens (including phenoxy) is 1. The van der Waals surface area contributed by atoms with Crippen LogP contribution in [0.25, 0.3) is 0 Å². The van der Waals surface area contributed by atoms with Crippen LogP contribution >= 0.6 is 0 Å². The highest BCUT2D eigenvalue weighted by atomic mass is 16.5. The summed E-state index contributed by atoms with van der Waals surface area (Å²) in [5.41, 5.74) is 7.82. The Morgan fingerprint density at radius 1 is 1.33 bits per heavy atom. The van der Waals surface area contributed by atoms with Gasteiger partial charge in [0.25, 0.3) is 5.91 Å². The van der Waals surface area contributed by atoms with Crippen LogP contribution in [0.3, 0.4) is 0 Å². The molecule has 5 nitrogen and oxygen atoms in total. The zero-order valence-electron chi connectivity index (χ0n) is 12.0. The molecular formula is C16H19N3O2. The molecule has 2 aromatic rings. The molecule has 0 unspecified atom stereocenters. The molecular weight excluding hydrogens is 266 g/mol. The van der Waals surface area contributed by atoms with Crippen molar-refractivity contribution in [2.75, 3.05) is 18.5 Å². The van der Waals surface area contributed by atoms with Crippen molar-refractivity contribution in [3.8, 4) is 5.88 Å². The van der Waals surface area contributed by atoms with E-state index >= 15 is 0 Å². The molecule has 0 aliphatic carbocycles. The fourth-order valence-electron chi connectivity index (χ4n) is 1.93. The minimum absolute atomic E-state index is 0.167. The number of nitrogens with two attached hydrogens (primary N) is 1. The van der Waals surface area contributed by atoms with Gasteiger partial charge in [-0.05, 0) is 43.7 Å². The van der Waals surface area contributed by atoms with Gasteiger partial charge >= 0.3 is 0 Å². The van der Waals surface area contributed by atoms with Gasteiger partial charge in [-0.25, -0.2) is 4.98 Å². The van der Waals surface area contributed by atoms with Crippen molar-refractivity contribution in [3.05, 3.63) is 53.7 Å². The maximum atomic E-state index is 12.2. The third-order valence-corrected chi connectivity index (χ3v) is 2.91. The monoisotopic (exact) mass is 285 g/mol. The van der Waals surface area contributed by atoms with Gasteiger partial charge in [0.05, 0.1) is 18.5 Å². The van der Waals surface area contributed by atoms with Gasteiger partial charge < -0.3 is 15.8 Å². The van der Waals surface area contributed by atoms with Gasteiger partial charge in [-0.2, -0.15) is 0 Å². The molecule has 0 aliphatic rings. The van der Waals surface area contributed by atoms with E-state index < -0.39 is 0 Å². The molecule has 0 atom stereocenters. The molecule has 1 amide bonds. The smallest absolute Gasteiger partial charge is 0.255 e. The van der Waals surface area contributed by atoms with Crippen LogP contribution in [0.15, 0.2) is 42.6 Å². The predicted molar refractivity (Wildman–Crippen MR) is 82.6 cm³/mol. The van der Waals surface area contributed by atoms with Gasteiger partial charge in [0.2, 0.25) is 5.88 Å². The summed E-state index contributed by atoms with van der Waals surface area (Å²) in [5.74, 6) is 0.375. The van der Waals surface area contributed by atoms with E-state index in [1.54, 1.807) is 24.4 Å². The van der Waals surface area contributed by atoms with Crippen LogP contribution in [-0.4, -0.2) is 24.0 Å². The molecule has 0 saturated heterocycles.